The van der Waals surface area contributed by atoms with Gasteiger partial charge in [0.25, 0.3) is 0 Å². The Morgan fingerprint density at radius 2 is 2.19 bits per heavy atom. The molecule has 3 heteroatoms. The van der Waals surface area contributed by atoms with Crippen LogP contribution in [0, 0.1) is 11.8 Å². The van der Waals surface area contributed by atoms with Gasteiger partial charge in [0.15, 0.2) is 0 Å². The zero-order chi connectivity index (χ0) is 11.5. The number of hydrogen-bond donors (Lipinski definition) is 0. The molecule has 0 spiro atoms. The van der Waals surface area contributed by atoms with Gasteiger partial charge in [0.1, 0.15) is 0 Å². The molecule has 0 bridgehead atoms. The van der Waals surface area contributed by atoms with Crippen molar-refractivity contribution in [2.75, 3.05) is 0 Å². The van der Waals surface area contributed by atoms with Crippen LogP contribution in [0.4, 0.5) is 0 Å². The summed E-state index contributed by atoms with van der Waals surface area (Å²) in [5.74, 6) is 1.68. The summed E-state index contributed by atoms with van der Waals surface area (Å²) < 4.78 is 7.20. The van der Waals surface area contributed by atoms with Gasteiger partial charge in [-0.05, 0) is 58.5 Å². The van der Waals surface area contributed by atoms with Crippen LogP contribution in [0.25, 0.3) is 0 Å². The zero-order valence-electron chi connectivity index (χ0n) is 9.91. The van der Waals surface area contributed by atoms with E-state index in [1.54, 1.807) is 11.3 Å². The van der Waals surface area contributed by atoms with E-state index in [0.717, 1.165) is 18.4 Å². The predicted molar refractivity (Wildman–Crippen MR) is 72.8 cm³/mol. The topological polar surface area (TPSA) is 9.23 Å². The third-order valence-corrected chi connectivity index (χ3v) is 5.59. The van der Waals surface area contributed by atoms with Crippen molar-refractivity contribution >= 4 is 27.3 Å². The van der Waals surface area contributed by atoms with Gasteiger partial charge >= 0.3 is 0 Å². The van der Waals surface area contributed by atoms with Crippen LogP contribution >= 0.6 is 27.3 Å². The lowest BCUT2D eigenvalue weighted by Gasteiger charge is -2.31. The maximum Gasteiger partial charge on any atom is 0.0824 e. The van der Waals surface area contributed by atoms with Crippen LogP contribution < -0.4 is 0 Å². The Hall–Kier alpha value is 0.140. The number of thiophene rings is 1. The minimum atomic E-state index is 0.472. The van der Waals surface area contributed by atoms with Gasteiger partial charge in [-0.1, -0.05) is 13.8 Å². The van der Waals surface area contributed by atoms with Gasteiger partial charge in [0.2, 0.25) is 0 Å². The first kappa shape index (κ1) is 12.6. The molecule has 90 valence electrons. The molecule has 1 nitrogen and oxygen atoms in total. The van der Waals surface area contributed by atoms with Crippen molar-refractivity contribution in [3.05, 3.63) is 20.8 Å². The summed E-state index contributed by atoms with van der Waals surface area (Å²) in [6, 6.07) is 2.09. The lowest BCUT2D eigenvalue weighted by molar-refractivity contribution is -0.00652. The van der Waals surface area contributed by atoms with Crippen LogP contribution in [0.3, 0.4) is 0 Å². The molecule has 0 radical (unpaired) electrons. The first-order valence-corrected chi connectivity index (χ1v) is 7.67. The van der Waals surface area contributed by atoms with Crippen LogP contribution in [0.2, 0.25) is 0 Å². The van der Waals surface area contributed by atoms with E-state index < -0.39 is 0 Å². The molecule has 1 fully saturated rings. The molecule has 0 amide bonds. The summed E-state index contributed by atoms with van der Waals surface area (Å²) in [5, 5.41) is 2.11. The molecule has 1 aromatic heterocycles. The SMILES string of the molecule is CC1CCC(OCc2sccc2Br)CC1C. The monoisotopic (exact) mass is 302 g/mol. The normalized spacial score (nSPS) is 30.6. The van der Waals surface area contributed by atoms with Crippen molar-refractivity contribution in [1.82, 2.24) is 0 Å². The Bertz CT molecular complexity index is 336. The standard InChI is InChI=1S/C13H19BrOS/c1-9-3-4-11(7-10(9)2)15-8-13-12(14)5-6-16-13/h5-6,9-11H,3-4,7-8H2,1-2H3. The van der Waals surface area contributed by atoms with E-state index in [9.17, 15) is 0 Å². The fraction of sp³-hybridized carbons (Fsp3) is 0.692. The number of hydrogen-bond acceptors (Lipinski definition) is 2. The third-order valence-electron chi connectivity index (χ3n) is 3.69. The molecule has 16 heavy (non-hydrogen) atoms. The molecule has 3 unspecified atom stereocenters. The van der Waals surface area contributed by atoms with E-state index >= 15 is 0 Å². The van der Waals surface area contributed by atoms with Gasteiger partial charge in [-0.15, -0.1) is 11.3 Å². The quantitative estimate of drug-likeness (QED) is 0.775. The Morgan fingerprint density at radius 3 is 2.81 bits per heavy atom. The Balaban J connectivity index is 1.81. The van der Waals surface area contributed by atoms with Gasteiger partial charge in [0, 0.05) is 9.35 Å². The van der Waals surface area contributed by atoms with Crippen molar-refractivity contribution < 1.29 is 4.74 Å². The second kappa shape index (κ2) is 5.65. The molecule has 0 aromatic carbocycles. The molecule has 0 saturated heterocycles. The molecule has 1 saturated carbocycles. The van der Waals surface area contributed by atoms with Gasteiger partial charge < -0.3 is 4.74 Å². The second-order valence-corrected chi connectivity index (χ2v) is 6.75. The molecule has 1 aliphatic rings. The molecule has 2 rings (SSSR count). The van der Waals surface area contributed by atoms with Crippen LogP contribution in [-0.4, -0.2) is 6.10 Å². The lowest BCUT2D eigenvalue weighted by atomic mass is 9.80. The van der Waals surface area contributed by atoms with E-state index in [2.05, 4.69) is 41.2 Å². The van der Waals surface area contributed by atoms with E-state index in [1.807, 2.05) is 0 Å². The molecule has 3 atom stereocenters. The van der Waals surface area contributed by atoms with Gasteiger partial charge in [-0.25, -0.2) is 0 Å². The number of halogens is 1. The minimum Gasteiger partial charge on any atom is -0.373 e. The van der Waals surface area contributed by atoms with E-state index in [1.165, 1.54) is 28.6 Å². The van der Waals surface area contributed by atoms with E-state index in [4.69, 9.17) is 4.74 Å². The summed E-state index contributed by atoms with van der Waals surface area (Å²) in [6.07, 6.45) is 4.25. The summed E-state index contributed by atoms with van der Waals surface area (Å²) in [5.41, 5.74) is 0. The fourth-order valence-corrected chi connectivity index (χ4v) is 3.66. The highest BCUT2D eigenvalue weighted by Crippen LogP contribution is 2.32. The Morgan fingerprint density at radius 1 is 1.38 bits per heavy atom. The zero-order valence-corrected chi connectivity index (χ0v) is 12.3. The summed E-state index contributed by atoms with van der Waals surface area (Å²) in [6.45, 7) is 5.47. The fourth-order valence-electron chi connectivity index (χ4n) is 2.27. The minimum absolute atomic E-state index is 0.472. The van der Waals surface area contributed by atoms with Crippen LogP contribution in [0.1, 0.15) is 38.0 Å². The largest absolute Gasteiger partial charge is 0.373 e. The van der Waals surface area contributed by atoms with Crippen LogP contribution in [0.15, 0.2) is 15.9 Å². The van der Waals surface area contributed by atoms with Crippen molar-refractivity contribution in [3.8, 4) is 0 Å². The average molecular weight is 303 g/mol. The van der Waals surface area contributed by atoms with Crippen LogP contribution in [-0.2, 0) is 11.3 Å². The maximum atomic E-state index is 6.01. The molecule has 0 N–H and O–H groups in total. The smallest absolute Gasteiger partial charge is 0.0824 e. The van der Waals surface area contributed by atoms with Gasteiger partial charge in [-0.3, -0.25) is 0 Å². The van der Waals surface area contributed by atoms with Crippen LogP contribution in [0.5, 0.6) is 0 Å². The summed E-state index contributed by atoms with van der Waals surface area (Å²) in [4.78, 5) is 1.31. The molecular weight excluding hydrogens is 284 g/mol. The second-order valence-electron chi connectivity index (χ2n) is 4.89. The molecule has 1 heterocycles. The maximum absolute atomic E-state index is 6.01. The summed E-state index contributed by atoms with van der Waals surface area (Å²) >= 11 is 5.31. The highest BCUT2D eigenvalue weighted by molar-refractivity contribution is 9.10. The predicted octanol–water partition coefficient (Wildman–Crippen LogP) is 4.85. The number of rotatable bonds is 3. The highest BCUT2D eigenvalue weighted by Gasteiger charge is 2.25. The van der Waals surface area contributed by atoms with Gasteiger partial charge in [-0.2, -0.15) is 0 Å². The first-order chi connectivity index (χ1) is 7.66. The molecular formula is C13H19BrOS. The summed E-state index contributed by atoms with van der Waals surface area (Å²) in [7, 11) is 0. The first-order valence-electron chi connectivity index (χ1n) is 6.00. The van der Waals surface area contributed by atoms with Crippen molar-refractivity contribution in [1.29, 1.82) is 0 Å². The van der Waals surface area contributed by atoms with E-state index in [0.29, 0.717) is 6.10 Å². The van der Waals surface area contributed by atoms with Crippen molar-refractivity contribution in [2.45, 2.75) is 45.8 Å². The Labute approximate surface area is 110 Å². The highest BCUT2D eigenvalue weighted by atomic mass is 79.9. The van der Waals surface area contributed by atoms with Crippen molar-refractivity contribution in [3.63, 3.8) is 0 Å². The molecule has 0 aliphatic heterocycles. The lowest BCUT2D eigenvalue weighted by Crippen LogP contribution is -2.26. The van der Waals surface area contributed by atoms with Gasteiger partial charge in [0.05, 0.1) is 12.7 Å². The number of ether oxygens (including phenoxy) is 1. The third kappa shape index (κ3) is 3.08. The van der Waals surface area contributed by atoms with Crippen molar-refractivity contribution in [2.24, 2.45) is 11.8 Å². The molecule has 1 aromatic rings. The average Bonchev–Trinajstić information content (AvgIpc) is 2.66. The van der Waals surface area contributed by atoms with E-state index in [-0.39, 0.29) is 0 Å². The molecule has 1 aliphatic carbocycles. The Kier molecular flexibility index (Phi) is 4.45.